The molecule has 0 saturated carbocycles. The molecule has 210 valence electrons. The third-order valence-electron chi connectivity index (χ3n) is 9.31. The van der Waals surface area contributed by atoms with Crippen molar-refractivity contribution in [2.24, 2.45) is 0 Å². The molecule has 10 rings (SSSR count). The number of benzene rings is 7. The number of hydrogen-bond acceptors (Lipinski definition) is 1. The van der Waals surface area contributed by atoms with Crippen LogP contribution in [-0.2, 0) is 0 Å². The Labute approximate surface area is 263 Å². The molecule has 0 aliphatic rings. The van der Waals surface area contributed by atoms with Crippen LogP contribution in [0.5, 0.6) is 0 Å². The van der Waals surface area contributed by atoms with E-state index in [0.717, 1.165) is 0 Å². The van der Waals surface area contributed by atoms with Gasteiger partial charge >= 0.3 is 0 Å². The minimum Gasteiger partial charge on any atom is -0.309 e. The summed E-state index contributed by atoms with van der Waals surface area (Å²) < 4.78 is 7.52. The van der Waals surface area contributed by atoms with Crippen LogP contribution in [0.4, 0.5) is 0 Å². The van der Waals surface area contributed by atoms with Gasteiger partial charge in [-0.25, -0.2) is 0 Å². The van der Waals surface area contributed by atoms with Crippen molar-refractivity contribution in [3.8, 4) is 22.5 Å². The number of para-hydroxylation sites is 3. The SMILES string of the molecule is c1ccc(-c2ccc(-n3c4ccccc4c4cc5sc6c(ccc7c6c6ccccc6n7-c6ccccc6)c5cc43)cc2)cc1. The lowest BCUT2D eigenvalue weighted by molar-refractivity contribution is 1.18. The Bertz CT molecular complexity index is 2730. The van der Waals surface area contributed by atoms with Gasteiger partial charge < -0.3 is 9.13 Å². The summed E-state index contributed by atoms with van der Waals surface area (Å²) >= 11 is 1.92. The van der Waals surface area contributed by atoms with E-state index in [2.05, 4.69) is 167 Å². The van der Waals surface area contributed by atoms with E-state index in [4.69, 9.17) is 0 Å². The van der Waals surface area contributed by atoms with Crippen molar-refractivity contribution >= 4 is 75.1 Å². The Morgan fingerprint density at radius 3 is 1.73 bits per heavy atom. The highest BCUT2D eigenvalue weighted by atomic mass is 32.1. The summed E-state index contributed by atoms with van der Waals surface area (Å²) in [5.41, 5.74) is 9.78. The first-order valence-corrected chi connectivity index (χ1v) is 16.2. The van der Waals surface area contributed by atoms with Crippen molar-refractivity contribution in [2.45, 2.75) is 0 Å². The number of nitrogens with zero attached hydrogens (tertiary/aromatic N) is 2. The lowest BCUT2D eigenvalue weighted by Crippen LogP contribution is -1.93. The molecule has 3 aromatic heterocycles. The van der Waals surface area contributed by atoms with Gasteiger partial charge in [-0.15, -0.1) is 11.3 Å². The average Bonchev–Trinajstić information content (AvgIpc) is 3.75. The predicted molar refractivity (Wildman–Crippen MR) is 193 cm³/mol. The predicted octanol–water partition coefficient (Wildman–Crippen LogP) is 11.9. The maximum absolute atomic E-state index is 2.43. The molecule has 2 nitrogen and oxygen atoms in total. The number of fused-ring (bicyclic) bond motifs is 10. The second-order valence-electron chi connectivity index (χ2n) is 11.8. The zero-order chi connectivity index (χ0) is 29.5. The van der Waals surface area contributed by atoms with Gasteiger partial charge in [-0.2, -0.15) is 0 Å². The summed E-state index contributed by atoms with van der Waals surface area (Å²) in [6.45, 7) is 0. The van der Waals surface area contributed by atoms with E-state index >= 15 is 0 Å². The van der Waals surface area contributed by atoms with Crippen LogP contribution in [-0.4, -0.2) is 9.13 Å². The van der Waals surface area contributed by atoms with Crippen LogP contribution in [0.3, 0.4) is 0 Å². The smallest absolute Gasteiger partial charge is 0.0555 e. The van der Waals surface area contributed by atoms with E-state index in [1.165, 1.54) is 86.3 Å². The first-order valence-electron chi connectivity index (χ1n) is 15.4. The molecule has 0 saturated heterocycles. The van der Waals surface area contributed by atoms with Crippen LogP contribution in [0.2, 0.25) is 0 Å². The second-order valence-corrected chi connectivity index (χ2v) is 12.8. The molecule has 0 unspecified atom stereocenters. The Balaban J connectivity index is 1.26. The topological polar surface area (TPSA) is 9.86 Å². The van der Waals surface area contributed by atoms with Crippen LogP contribution >= 0.6 is 11.3 Å². The van der Waals surface area contributed by atoms with Gasteiger partial charge in [-0.05, 0) is 65.7 Å². The fourth-order valence-electron chi connectivity index (χ4n) is 7.31. The molecule has 7 aromatic carbocycles. The van der Waals surface area contributed by atoms with Crippen LogP contribution in [0.15, 0.2) is 158 Å². The van der Waals surface area contributed by atoms with E-state index in [0.29, 0.717) is 0 Å². The monoisotopic (exact) mass is 590 g/mol. The van der Waals surface area contributed by atoms with E-state index in [9.17, 15) is 0 Å². The van der Waals surface area contributed by atoms with Gasteiger partial charge in [0.1, 0.15) is 0 Å². The lowest BCUT2D eigenvalue weighted by atomic mass is 10.1. The molecule has 3 heteroatoms. The highest BCUT2D eigenvalue weighted by Gasteiger charge is 2.19. The molecule has 0 amide bonds. The zero-order valence-electron chi connectivity index (χ0n) is 24.3. The van der Waals surface area contributed by atoms with Gasteiger partial charge in [0.05, 0.1) is 22.1 Å². The quantitative estimate of drug-likeness (QED) is 0.194. The van der Waals surface area contributed by atoms with Gasteiger partial charge in [0.15, 0.2) is 0 Å². The van der Waals surface area contributed by atoms with Gasteiger partial charge in [-0.3, -0.25) is 0 Å². The van der Waals surface area contributed by atoms with Gasteiger partial charge in [-0.1, -0.05) is 103 Å². The van der Waals surface area contributed by atoms with Crippen molar-refractivity contribution in [1.82, 2.24) is 9.13 Å². The molecule has 0 N–H and O–H groups in total. The Morgan fingerprint density at radius 2 is 0.956 bits per heavy atom. The first-order chi connectivity index (χ1) is 22.3. The summed E-state index contributed by atoms with van der Waals surface area (Å²) in [7, 11) is 0. The van der Waals surface area contributed by atoms with Gasteiger partial charge in [0.25, 0.3) is 0 Å². The molecule has 0 spiro atoms. The summed E-state index contributed by atoms with van der Waals surface area (Å²) in [5, 5.41) is 7.83. The molecular weight excluding hydrogens is 565 g/mol. The maximum atomic E-state index is 2.43. The van der Waals surface area contributed by atoms with Crippen molar-refractivity contribution < 1.29 is 0 Å². The van der Waals surface area contributed by atoms with Crippen molar-refractivity contribution in [2.75, 3.05) is 0 Å². The molecule has 0 radical (unpaired) electrons. The number of rotatable bonds is 3. The first kappa shape index (κ1) is 24.8. The van der Waals surface area contributed by atoms with Crippen molar-refractivity contribution in [3.05, 3.63) is 158 Å². The van der Waals surface area contributed by atoms with Crippen molar-refractivity contribution in [3.63, 3.8) is 0 Å². The maximum Gasteiger partial charge on any atom is 0.0555 e. The summed E-state index contributed by atoms with van der Waals surface area (Å²) in [6, 6.07) is 57.4. The highest BCUT2D eigenvalue weighted by Crippen LogP contribution is 2.45. The molecule has 0 bridgehead atoms. The number of thiophene rings is 1. The zero-order valence-corrected chi connectivity index (χ0v) is 25.1. The normalized spacial score (nSPS) is 12.0. The van der Waals surface area contributed by atoms with Crippen LogP contribution < -0.4 is 0 Å². The molecule has 3 heterocycles. The van der Waals surface area contributed by atoms with Gasteiger partial charge in [0, 0.05) is 53.1 Å². The molecule has 0 fully saturated rings. The van der Waals surface area contributed by atoms with E-state index in [1.807, 2.05) is 11.3 Å². The Hall–Kier alpha value is -5.64. The van der Waals surface area contributed by atoms with Gasteiger partial charge in [0.2, 0.25) is 0 Å². The third kappa shape index (κ3) is 3.56. The fraction of sp³-hybridized carbons (Fsp3) is 0. The standard InChI is InChI=1S/C42H26N2S/c1-3-11-27(12-4-1)28-19-21-30(22-20-28)44-36-17-9-7-15-31(36)34-26-40-35(25-39(34)44)32-23-24-38-41(42(32)45-40)33-16-8-10-18-37(33)43(38)29-13-5-2-6-14-29/h1-26H. The highest BCUT2D eigenvalue weighted by molar-refractivity contribution is 7.26. The largest absolute Gasteiger partial charge is 0.309 e. The van der Waals surface area contributed by atoms with Crippen LogP contribution in [0.25, 0.3) is 86.3 Å². The van der Waals surface area contributed by atoms with E-state index < -0.39 is 0 Å². The van der Waals surface area contributed by atoms with Crippen LogP contribution in [0.1, 0.15) is 0 Å². The molecule has 10 aromatic rings. The van der Waals surface area contributed by atoms with E-state index in [-0.39, 0.29) is 0 Å². The molecule has 0 aliphatic carbocycles. The van der Waals surface area contributed by atoms with E-state index in [1.54, 1.807) is 0 Å². The molecule has 0 atom stereocenters. The molecule has 45 heavy (non-hydrogen) atoms. The summed E-state index contributed by atoms with van der Waals surface area (Å²) in [6.07, 6.45) is 0. The second kappa shape index (κ2) is 9.43. The van der Waals surface area contributed by atoms with Crippen LogP contribution in [0, 0.1) is 0 Å². The lowest BCUT2D eigenvalue weighted by Gasteiger charge is -2.09. The molecular formula is C42H26N2S. The summed E-state index contributed by atoms with van der Waals surface area (Å²) in [5.74, 6) is 0. The summed E-state index contributed by atoms with van der Waals surface area (Å²) in [4.78, 5) is 0. The molecule has 0 aliphatic heterocycles. The number of hydrogen-bond donors (Lipinski definition) is 0. The minimum absolute atomic E-state index is 1.17. The third-order valence-corrected chi connectivity index (χ3v) is 10.5. The number of aromatic nitrogens is 2. The fourth-order valence-corrected chi connectivity index (χ4v) is 8.59. The average molecular weight is 591 g/mol. The minimum atomic E-state index is 1.17. The van der Waals surface area contributed by atoms with Crippen molar-refractivity contribution in [1.29, 1.82) is 0 Å². The Kier molecular flexibility index (Phi) is 5.19. The Morgan fingerprint density at radius 1 is 0.356 bits per heavy atom.